The summed E-state index contributed by atoms with van der Waals surface area (Å²) in [5.74, 6) is 1.13. The van der Waals surface area contributed by atoms with Crippen molar-refractivity contribution in [1.82, 2.24) is 20.4 Å². The van der Waals surface area contributed by atoms with Gasteiger partial charge < -0.3 is 14.7 Å². The average molecular weight is 389 g/mol. The van der Waals surface area contributed by atoms with Crippen LogP contribution in [0.15, 0.2) is 23.0 Å². The molecule has 0 radical (unpaired) electrons. The van der Waals surface area contributed by atoms with Gasteiger partial charge in [0.05, 0.1) is 5.39 Å². The molecule has 2 aliphatic rings. The van der Waals surface area contributed by atoms with Gasteiger partial charge in [0.2, 0.25) is 0 Å². The summed E-state index contributed by atoms with van der Waals surface area (Å²) in [6.07, 6.45) is 8.91. The van der Waals surface area contributed by atoms with Crippen LogP contribution in [-0.4, -0.2) is 66.4 Å². The monoisotopic (exact) mass is 389 g/mol. The number of amides is 1. The maximum absolute atomic E-state index is 12.3. The van der Waals surface area contributed by atoms with Crippen LogP contribution >= 0.6 is 0 Å². The zero-order valence-corrected chi connectivity index (χ0v) is 16.1. The predicted molar refractivity (Wildman–Crippen MR) is 105 cm³/mol. The molecule has 0 bridgehead atoms. The molecule has 0 atom stereocenters. The highest BCUT2D eigenvalue weighted by atomic mass is 19.1. The first kappa shape index (κ1) is 19.1. The molecular weight excluding hydrogens is 361 g/mol. The van der Waals surface area contributed by atoms with Crippen LogP contribution in [0.1, 0.15) is 32.1 Å². The van der Waals surface area contributed by atoms with Gasteiger partial charge in [-0.05, 0) is 44.6 Å². The minimum atomic E-state index is -0.910. The van der Waals surface area contributed by atoms with Crippen LogP contribution in [0.2, 0.25) is 0 Å². The van der Waals surface area contributed by atoms with E-state index in [1.54, 1.807) is 6.20 Å². The first-order valence-corrected chi connectivity index (χ1v) is 10.2. The highest BCUT2D eigenvalue weighted by molar-refractivity contribution is 5.87. The number of hydrogen-bond donors (Lipinski definition) is 1. The third-order valence-corrected chi connectivity index (χ3v) is 6.11. The number of hydrogen-bond acceptors (Lipinski definition) is 6. The van der Waals surface area contributed by atoms with E-state index in [1.807, 2.05) is 12.3 Å². The fraction of sp³-hybridized carbons (Fsp3) is 0.650. The molecule has 1 aliphatic carbocycles. The Morgan fingerprint density at radius 3 is 2.75 bits per heavy atom. The number of piperazine rings is 1. The van der Waals surface area contributed by atoms with Crippen LogP contribution in [0.25, 0.3) is 11.0 Å². The maximum Gasteiger partial charge on any atom is 0.251 e. The Labute approximate surface area is 164 Å². The van der Waals surface area contributed by atoms with Crippen molar-refractivity contribution in [2.75, 3.05) is 44.3 Å². The van der Waals surface area contributed by atoms with E-state index in [4.69, 9.17) is 4.52 Å². The lowest BCUT2D eigenvalue weighted by Gasteiger charge is -2.36. The molecule has 3 heterocycles. The van der Waals surface area contributed by atoms with E-state index >= 15 is 0 Å². The first-order chi connectivity index (χ1) is 13.7. The molecule has 0 unspecified atom stereocenters. The summed E-state index contributed by atoms with van der Waals surface area (Å²) in [5, 5.41) is 7.99. The van der Waals surface area contributed by atoms with Crippen molar-refractivity contribution in [3.63, 3.8) is 0 Å². The number of alkyl halides is 1. The number of carbonyl (C=O) groups is 1. The van der Waals surface area contributed by atoms with Gasteiger partial charge in [-0.3, -0.25) is 14.7 Å². The van der Waals surface area contributed by atoms with Crippen molar-refractivity contribution < 1.29 is 13.7 Å². The molecular formula is C20H28FN5O2. The number of rotatable bonds is 6. The largest absolute Gasteiger partial charge is 0.354 e. The molecule has 7 nitrogen and oxygen atoms in total. The lowest BCUT2D eigenvalue weighted by atomic mass is 9.84. The van der Waals surface area contributed by atoms with Crippen LogP contribution in [0.5, 0.6) is 0 Å². The van der Waals surface area contributed by atoms with Crippen molar-refractivity contribution in [1.29, 1.82) is 0 Å². The third-order valence-electron chi connectivity index (χ3n) is 6.11. The van der Waals surface area contributed by atoms with Gasteiger partial charge in [-0.25, -0.2) is 4.39 Å². The van der Waals surface area contributed by atoms with Crippen molar-refractivity contribution in [3.8, 4) is 0 Å². The Morgan fingerprint density at radius 2 is 2.00 bits per heavy atom. The van der Waals surface area contributed by atoms with E-state index in [0.717, 1.165) is 75.2 Å². The zero-order valence-electron chi connectivity index (χ0n) is 16.1. The highest BCUT2D eigenvalue weighted by Crippen LogP contribution is 2.28. The van der Waals surface area contributed by atoms with Gasteiger partial charge in [0.1, 0.15) is 0 Å². The molecule has 1 N–H and O–H groups in total. The molecule has 2 fully saturated rings. The van der Waals surface area contributed by atoms with E-state index in [-0.39, 0.29) is 6.04 Å². The molecule has 2 aromatic rings. The molecule has 8 heteroatoms. The molecule has 0 aromatic carbocycles. The third kappa shape index (κ3) is 4.43. The molecule has 4 rings (SSSR count). The summed E-state index contributed by atoms with van der Waals surface area (Å²) in [6.45, 7) is 4.14. The number of nitrogens with zero attached hydrogens (tertiary/aromatic N) is 4. The minimum Gasteiger partial charge on any atom is -0.354 e. The average Bonchev–Trinajstić information content (AvgIpc) is 3.18. The fourth-order valence-electron chi connectivity index (χ4n) is 4.41. The van der Waals surface area contributed by atoms with Crippen molar-refractivity contribution in [2.45, 2.75) is 38.1 Å². The number of halogens is 1. The van der Waals surface area contributed by atoms with Crippen LogP contribution in [0, 0.1) is 5.92 Å². The second-order valence-corrected chi connectivity index (χ2v) is 7.91. The highest BCUT2D eigenvalue weighted by Gasteiger charge is 2.25. The Balaban J connectivity index is 1.19. The number of pyridine rings is 1. The quantitative estimate of drug-likeness (QED) is 0.818. The Kier molecular flexibility index (Phi) is 6.04. The van der Waals surface area contributed by atoms with Crippen LogP contribution in [0.3, 0.4) is 0 Å². The SMILES string of the molecule is O=C(CF)N[C@H]1CC[C@H](CCN2CCN(c3noc4ccncc34)CC2)CC1. The Morgan fingerprint density at radius 1 is 1.21 bits per heavy atom. The van der Waals surface area contributed by atoms with Gasteiger partial charge in [0.15, 0.2) is 18.1 Å². The fourth-order valence-corrected chi connectivity index (χ4v) is 4.41. The first-order valence-electron chi connectivity index (χ1n) is 10.2. The molecule has 1 amide bonds. The van der Waals surface area contributed by atoms with Crippen LogP contribution < -0.4 is 10.2 Å². The topological polar surface area (TPSA) is 74.5 Å². The standard InChI is InChI=1S/C20H28FN5O2/c21-13-19(27)23-16-3-1-15(2-4-16)6-8-25-9-11-26(12-10-25)20-17-14-22-7-5-18(17)28-24-20/h5,7,14-16H,1-4,6,8-13H2,(H,23,27)/t15-,16-. The molecule has 1 saturated carbocycles. The van der Waals surface area contributed by atoms with Gasteiger partial charge in [0, 0.05) is 50.7 Å². The summed E-state index contributed by atoms with van der Waals surface area (Å²) in [6, 6.07) is 2.01. The molecule has 152 valence electrons. The van der Waals surface area contributed by atoms with Crippen LogP contribution in [-0.2, 0) is 4.79 Å². The summed E-state index contributed by atoms with van der Waals surface area (Å²) < 4.78 is 17.7. The molecule has 1 saturated heterocycles. The van der Waals surface area contributed by atoms with Crippen molar-refractivity contribution in [3.05, 3.63) is 18.5 Å². The Bertz CT molecular complexity index is 782. The minimum absolute atomic E-state index is 0.162. The maximum atomic E-state index is 12.3. The van der Waals surface area contributed by atoms with Gasteiger partial charge in [-0.2, -0.15) is 0 Å². The van der Waals surface area contributed by atoms with Crippen LogP contribution in [0.4, 0.5) is 10.2 Å². The smallest absolute Gasteiger partial charge is 0.251 e. The Hall–Kier alpha value is -2.22. The lowest BCUT2D eigenvalue weighted by molar-refractivity contribution is -0.122. The second-order valence-electron chi connectivity index (χ2n) is 7.91. The number of anilines is 1. The van der Waals surface area contributed by atoms with E-state index in [1.165, 1.54) is 6.42 Å². The number of fused-ring (bicyclic) bond motifs is 1. The lowest BCUT2D eigenvalue weighted by Crippen LogP contribution is -2.47. The number of carbonyl (C=O) groups excluding carboxylic acids is 1. The second kappa shape index (κ2) is 8.86. The normalized spacial score (nSPS) is 23.8. The summed E-state index contributed by atoms with van der Waals surface area (Å²) >= 11 is 0. The van der Waals surface area contributed by atoms with E-state index in [9.17, 15) is 9.18 Å². The van der Waals surface area contributed by atoms with Gasteiger partial charge in [-0.15, -0.1) is 0 Å². The van der Waals surface area contributed by atoms with Crippen molar-refractivity contribution >= 4 is 22.7 Å². The number of nitrogens with one attached hydrogen (secondary N) is 1. The van der Waals surface area contributed by atoms with Gasteiger partial charge in [-0.1, -0.05) is 5.16 Å². The van der Waals surface area contributed by atoms with Gasteiger partial charge in [0.25, 0.3) is 5.91 Å². The van der Waals surface area contributed by atoms with Gasteiger partial charge >= 0.3 is 0 Å². The molecule has 28 heavy (non-hydrogen) atoms. The van der Waals surface area contributed by atoms with E-state index < -0.39 is 12.6 Å². The summed E-state index contributed by atoms with van der Waals surface area (Å²) in [4.78, 5) is 20.2. The van der Waals surface area contributed by atoms with Crippen molar-refractivity contribution in [2.24, 2.45) is 5.92 Å². The van der Waals surface area contributed by atoms with E-state index in [2.05, 4.69) is 25.3 Å². The molecule has 0 spiro atoms. The predicted octanol–water partition coefficient (Wildman–Crippen LogP) is 2.38. The molecule has 2 aromatic heterocycles. The summed E-state index contributed by atoms with van der Waals surface area (Å²) in [5.41, 5.74) is 0.783. The number of aromatic nitrogens is 2. The molecule has 1 aliphatic heterocycles. The van der Waals surface area contributed by atoms with E-state index in [0.29, 0.717) is 5.92 Å². The summed E-state index contributed by atoms with van der Waals surface area (Å²) in [7, 11) is 0. The zero-order chi connectivity index (χ0) is 19.3.